The third-order valence-corrected chi connectivity index (χ3v) is 3.77. The first-order valence-corrected chi connectivity index (χ1v) is 12.1. The van der Waals surface area contributed by atoms with Crippen LogP contribution in [0.2, 0.25) is 0 Å². The predicted molar refractivity (Wildman–Crippen MR) is 138 cm³/mol. The van der Waals surface area contributed by atoms with E-state index < -0.39 is 11.2 Å². The molecule has 0 fully saturated rings. The predicted octanol–water partition coefficient (Wildman–Crippen LogP) is 8.18. The molecule has 0 aromatic heterocycles. The van der Waals surface area contributed by atoms with Crippen molar-refractivity contribution >= 4 is 0 Å². The Bertz CT molecular complexity index is 662. The molecule has 0 aliphatic rings. The van der Waals surface area contributed by atoms with Gasteiger partial charge in [0.2, 0.25) is 0 Å². The lowest BCUT2D eigenvalue weighted by atomic mass is 9.85. The molecule has 6 heteroatoms. The topological polar surface area (TPSA) is 55.4 Å². The average molecular weight is 485 g/mol. The van der Waals surface area contributed by atoms with E-state index in [2.05, 4.69) is 0 Å². The Morgan fingerprint density at radius 1 is 0.353 bits per heavy atom. The zero-order chi connectivity index (χ0) is 27.2. The molecule has 0 N–H and O–H groups in total. The summed E-state index contributed by atoms with van der Waals surface area (Å²) in [5.74, 6) is 0. The monoisotopic (exact) mass is 484 g/mol. The van der Waals surface area contributed by atoms with E-state index in [1.54, 1.807) is 0 Å². The Kier molecular flexibility index (Phi) is 11.5. The lowest BCUT2D eigenvalue weighted by Gasteiger charge is -2.35. The summed E-state index contributed by atoms with van der Waals surface area (Å²) in [5.41, 5.74) is -0.464. The van der Waals surface area contributed by atoms with E-state index in [1.807, 2.05) is 135 Å². The molecule has 0 bridgehead atoms. The fourth-order valence-corrected chi connectivity index (χ4v) is 2.33. The standard InChI is InChI=1S/C20H34O4.C8H18O2/c1-17(2,3)21-23-19(7,8)15-13-11-12-14-16(15)20(9,10)24-22-18(4,5)6;1-7(2,3)9-10-8(4,5)6/h11-14H,1-10H3;1-6H3. The maximum absolute atomic E-state index is 5.76. The van der Waals surface area contributed by atoms with Crippen molar-refractivity contribution in [3.8, 4) is 0 Å². The molecular formula is C28H52O6. The van der Waals surface area contributed by atoms with E-state index in [-0.39, 0.29) is 22.4 Å². The van der Waals surface area contributed by atoms with Crippen molar-refractivity contribution in [2.45, 2.75) is 144 Å². The highest BCUT2D eigenvalue weighted by molar-refractivity contribution is 5.35. The third-order valence-electron chi connectivity index (χ3n) is 3.77. The van der Waals surface area contributed by atoms with Gasteiger partial charge in [0.1, 0.15) is 11.2 Å². The Labute approximate surface area is 209 Å². The molecule has 0 aliphatic heterocycles. The quantitative estimate of drug-likeness (QED) is 0.287. The van der Waals surface area contributed by atoms with Crippen LogP contribution in [0.5, 0.6) is 0 Å². The van der Waals surface area contributed by atoms with Gasteiger partial charge in [-0.2, -0.15) is 0 Å². The zero-order valence-corrected chi connectivity index (χ0v) is 24.8. The van der Waals surface area contributed by atoms with Crippen molar-refractivity contribution in [2.75, 3.05) is 0 Å². The van der Waals surface area contributed by atoms with Gasteiger partial charge >= 0.3 is 0 Å². The number of hydrogen-bond acceptors (Lipinski definition) is 6. The second-order valence-corrected chi connectivity index (χ2v) is 13.5. The van der Waals surface area contributed by atoms with Crippen LogP contribution in [-0.2, 0) is 40.5 Å². The Balaban J connectivity index is 0.000000916. The highest BCUT2D eigenvalue weighted by Crippen LogP contribution is 2.37. The molecule has 1 aromatic rings. The summed E-state index contributed by atoms with van der Waals surface area (Å²) in [4.78, 5) is 32.8. The molecular weight excluding hydrogens is 432 g/mol. The molecule has 0 saturated carbocycles. The van der Waals surface area contributed by atoms with Crippen LogP contribution in [0.15, 0.2) is 24.3 Å². The lowest BCUT2D eigenvalue weighted by molar-refractivity contribution is -0.407. The number of hydrogen-bond donors (Lipinski definition) is 0. The van der Waals surface area contributed by atoms with Crippen molar-refractivity contribution in [2.24, 2.45) is 0 Å². The number of rotatable bonds is 7. The summed E-state index contributed by atoms with van der Waals surface area (Å²) in [7, 11) is 0. The maximum Gasteiger partial charge on any atom is 0.123 e. The van der Waals surface area contributed by atoms with Gasteiger partial charge in [0, 0.05) is 0 Å². The van der Waals surface area contributed by atoms with E-state index in [0.29, 0.717) is 0 Å². The maximum atomic E-state index is 5.76. The summed E-state index contributed by atoms with van der Waals surface area (Å²) in [6, 6.07) is 8.04. The second-order valence-electron chi connectivity index (χ2n) is 13.5. The molecule has 0 unspecified atom stereocenters. The molecule has 6 nitrogen and oxygen atoms in total. The van der Waals surface area contributed by atoms with Gasteiger partial charge in [-0.25, -0.2) is 29.3 Å². The molecule has 34 heavy (non-hydrogen) atoms. The smallest absolute Gasteiger partial charge is 0.123 e. The summed E-state index contributed by atoms with van der Waals surface area (Å²) < 4.78 is 0. The van der Waals surface area contributed by atoms with E-state index in [4.69, 9.17) is 29.3 Å². The van der Waals surface area contributed by atoms with E-state index >= 15 is 0 Å². The van der Waals surface area contributed by atoms with Crippen LogP contribution in [0.25, 0.3) is 0 Å². The highest BCUT2D eigenvalue weighted by Gasteiger charge is 2.35. The highest BCUT2D eigenvalue weighted by atomic mass is 17.2. The van der Waals surface area contributed by atoms with Crippen LogP contribution in [0.1, 0.15) is 122 Å². The second kappa shape index (κ2) is 11.8. The van der Waals surface area contributed by atoms with Gasteiger partial charge in [0.15, 0.2) is 0 Å². The zero-order valence-electron chi connectivity index (χ0n) is 24.8. The molecule has 0 saturated heterocycles. The van der Waals surface area contributed by atoms with E-state index in [0.717, 1.165) is 11.1 Å². The first kappa shape index (κ1) is 33.0. The fraction of sp³-hybridized carbons (Fsp3) is 0.786. The Morgan fingerprint density at radius 3 is 0.765 bits per heavy atom. The van der Waals surface area contributed by atoms with Crippen molar-refractivity contribution < 1.29 is 29.3 Å². The minimum absolute atomic E-state index is 0.215. The minimum Gasteiger partial charge on any atom is -0.230 e. The van der Waals surface area contributed by atoms with Gasteiger partial charge in [-0.05, 0) is 122 Å². The van der Waals surface area contributed by atoms with Gasteiger partial charge in [-0.3, -0.25) is 0 Å². The normalized spacial score (nSPS) is 14.0. The van der Waals surface area contributed by atoms with Crippen LogP contribution in [0.3, 0.4) is 0 Å². The molecule has 200 valence electrons. The average Bonchev–Trinajstić information content (AvgIpc) is 2.62. The molecule has 0 spiro atoms. The van der Waals surface area contributed by atoms with Crippen LogP contribution in [-0.4, -0.2) is 22.4 Å². The molecule has 0 amide bonds. The van der Waals surface area contributed by atoms with Crippen LogP contribution >= 0.6 is 0 Å². The summed E-state index contributed by atoms with van der Waals surface area (Å²) in [6.07, 6.45) is 0. The van der Waals surface area contributed by atoms with Crippen LogP contribution in [0.4, 0.5) is 0 Å². The van der Waals surface area contributed by atoms with Gasteiger partial charge in [-0.15, -0.1) is 0 Å². The van der Waals surface area contributed by atoms with Gasteiger partial charge in [-0.1, -0.05) is 24.3 Å². The van der Waals surface area contributed by atoms with Gasteiger partial charge < -0.3 is 0 Å². The van der Waals surface area contributed by atoms with Gasteiger partial charge in [0.05, 0.1) is 22.4 Å². The fourth-order valence-electron chi connectivity index (χ4n) is 2.33. The van der Waals surface area contributed by atoms with E-state index in [1.165, 1.54) is 0 Å². The largest absolute Gasteiger partial charge is 0.230 e. The van der Waals surface area contributed by atoms with Crippen molar-refractivity contribution in [1.82, 2.24) is 0 Å². The summed E-state index contributed by atoms with van der Waals surface area (Å²) in [6.45, 7) is 31.4. The molecule has 0 heterocycles. The summed E-state index contributed by atoms with van der Waals surface area (Å²) in [5, 5.41) is 0. The van der Waals surface area contributed by atoms with E-state index in [9.17, 15) is 0 Å². The SMILES string of the molecule is CC(C)(C)OOC(C)(C)C.CC(C)(C)OOC(C)(C)c1ccccc1C(C)(C)OOC(C)(C)C. The van der Waals surface area contributed by atoms with Crippen molar-refractivity contribution in [1.29, 1.82) is 0 Å². The van der Waals surface area contributed by atoms with Gasteiger partial charge in [0.25, 0.3) is 0 Å². The van der Waals surface area contributed by atoms with Crippen LogP contribution < -0.4 is 0 Å². The first-order chi connectivity index (χ1) is 14.8. The lowest BCUT2D eigenvalue weighted by Crippen LogP contribution is -2.34. The molecule has 0 radical (unpaired) electrons. The Hall–Kier alpha value is -1.02. The molecule has 0 aliphatic carbocycles. The number of benzene rings is 1. The van der Waals surface area contributed by atoms with Crippen LogP contribution in [0, 0.1) is 0 Å². The Morgan fingerprint density at radius 2 is 0.559 bits per heavy atom. The minimum atomic E-state index is -0.633. The van der Waals surface area contributed by atoms with Crippen molar-refractivity contribution in [3.05, 3.63) is 35.4 Å². The third kappa shape index (κ3) is 15.1. The molecule has 0 atom stereocenters. The summed E-state index contributed by atoms with van der Waals surface area (Å²) >= 11 is 0. The molecule has 1 aromatic carbocycles. The molecule has 1 rings (SSSR count). The van der Waals surface area contributed by atoms with Crippen molar-refractivity contribution in [3.63, 3.8) is 0 Å². The first-order valence-electron chi connectivity index (χ1n) is 12.1.